The molecule has 1 rings (SSSR count). The van der Waals surface area contributed by atoms with Crippen LogP contribution in [0, 0.1) is 11.5 Å². The molecule has 1 N–H and O–H groups in total. The second-order valence-electron chi connectivity index (χ2n) is 5.39. The van der Waals surface area contributed by atoms with Crippen LogP contribution in [-0.2, 0) is 9.53 Å². The van der Waals surface area contributed by atoms with Gasteiger partial charge >= 0.3 is 5.97 Å². The third kappa shape index (κ3) is 5.64. The molecule has 0 amide bonds. The van der Waals surface area contributed by atoms with Crippen LogP contribution >= 0.6 is 23.2 Å². The molecule has 0 saturated heterocycles. The van der Waals surface area contributed by atoms with Crippen LogP contribution in [0.4, 0.5) is 0 Å². The fraction of sp³-hybridized carbons (Fsp3) is 0.267. The Hall–Kier alpha value is -1.61. The molecule has 0 aliphatic heterocycles. The van der Waals surface area contributed by atoms with Gasteiger partial charge in [0.25, 0.3) is 0 Å². The Balaban J connectivity index is 3.24. The molecule has 22 heavy (non-hydrogen) atoms. The number of rotatable bonds is 4. The standard InChI is InChI=1S/C15H16Cl2O4Si/c1-20-9-14(15(18)19)21-13-7-10(5-6-22(2,3)4)11(16)8-12(13)17/h7-9H,1-4H3,(H,18,19)/b14-9-. The second kappa shape index (κ2) is 7.59. The van der Waals surface area contributed by atoms with Gasteiger partial charge in [-0.2, -0.15) is 0 Å². The molecule has 0 fully saturated rings. The molecule has 4 nitrogen and oxygen atoms in total. The van der Waals surface area contributed by atoms with E-state index in [2.05, 4.69) is 35.8 Å². The monoisotopic (exact) mass is 358 g/mol. The van der Waals surface area contributed by atoms with E-state index >= 15 is 0 Å². The van der Waals surface area contributed by atoms with Gasteiger partial charge in [-0.05, 0) is 12.1 Å². The van der Waals surface area contributed by atoms with Crippen molar-refractivity contribution in [3.8, 4) is 17.2 Å². The molecule has 0 spiro atoms. The summed E-state index contributed by atoms with van der Waals surface area (Å²) >= 11 is 12.1. The van der Waals surface area contributed by atoms with Gasteiger partial charge in [0.15, 0.2) is 0 Å². The van der Waals surface area contributed by atoms with E-state index in [0.717, 1.165) is 6.26 Å². The number of aliphatic carboxylic acids is 1. The Labute approximate surface area is 140 Å². The first-order valence-corrected chi connectivity index (χ1v) is 10.6. The van der Waals surface area contributed by atoms with E-state index in [0.29, 0.717) is 10.6 Å². The molecule has 0 saturated carbocycles. The summed E-state index contributed by atoms with van der Waals surface area (Å²) in [7, 11) is -0.255. The summed E-state index contributed by atoms with van der Waals surface area (Å²) in [5.74, 6) is 1.48. The lowest BCUT2D eigenvalue weighted by Crippen LogP contribution is -2.16. The molecule has 0 unspecified atom stereocenters. The maximum absolute atomic E-state index is 11.0. The minimum Gasteiger partial charge on any atom is -0.500 e. The Morgan fingerprint density at radius 1 is 1.27 bits per heavy atom. The van der Waals surface area contributed by atoms with Gasteiger partial charge < -0.3 is 14.6 Å². The lowest BCUT2D eigenvalue weighted by Gasteiger charge is -2.10. The number of methoxy groups -OCH3 is 1. The van der Waals surface area contributed by atoms with E-state index in [-0.39, 0.29) is 10.8 Å². The number of halogens is 2. The van der Waals surface area contributed by atoms with Gasteiger partial charge in [0, 0.05) is 5.56 Å². The highest BCUT2D eigenvalue weighted by atomic mass is 35.5. The molecule has 0 aliphatic carbocycles. The van der Waals surface area contributed by atoms with Gasteiger partial charge in [0.2, 0.25) is 5.76 Å². The van der Waals surface area contributed by atoms with Crippen molar-refractivity contribution in [3.05, 3.63) is 39.8 Å². The van der Waals surface area contributed by atoms with Crippen molar-refractivity contribution in [3.63, 3.8) is 0 Å². The summed E-state index contributed by atoms with van der Waals surface area (Å²) in [6, 6.07) is 2.99. The summed E-state index contributed by atoms with van der Waals surface area (Å²) in [4.78, 5) is 11.0. The number of carbonyl (C=O) groups is 1. The second-order valence-corrected chi connectivity index (χ2v) is 11.0. The van der Waals surface area contributed by atoms with Crippen LogP contribution in [-0.4, -0.2) is 26.3 Å². The van der Waals surface area contributed by atoms with Crippen LogP contribution in [0.3, 0.4) is 0 Å². The summed E-state index contributed by atoms with van der Waals surface area (Å²) in [6.07, 6.45) is 0.973. The Kier molecular flexibility index (Phi) is 6.36. The number of hydrogen-bond acceptors (Lipinski definition) is 3. The first kappa shape index (κ1) is 18.4. The van der Waals surface area contributed by atoms with Crippen LogP contribution in [0.25, 0.3) is 0 Å². The van der Waals surface area contributed by atoms with Crippen molar-refractivity contribution < 1.29 is 19.4 Å². The number of carboxylic acid groups (broad SMARTS) is 1. The van der Waals surface area contributed by atoms with Crippen LogP contribution in [0.15, 0.2) is 24.2 Å². The SMILES string of the molecule is CO/C=C(\Oc1cc(C#C[Si](C)(C)C)c(Cl)cc1Cl)C(=O)O. The van der Waals surface area contributed by atoms with Gasteiger partial charge in [-0.25, -0.2) is 4.79 Å². The summed E-state index contributed by atoms with van der Waals surface area (Å²) < 4.78 is 9.93. The van der Waals surface area contributed by atoms with Gasteiger partial charge in [-0.1, -0.05) is 48.8 Å². The van der Waals surface area contributed by atoms with Gasteiger partial charge in [-0.15, -0.1) is 5.54 Å². The van der Waals surface area contributed by atoms with E-state index in [1.807, 2.05) is 0 Å². The normalized spacial score (nSPS) is 11.5. The average Bonchev–Trinajstić information content (AvgIpc) is 2.38. The molecule has 0 aliphatic rings. The molecule has 0 aromatic heterocycles. The molecule has 0 radical (unpaired) electrons. The molecule has 7 heteroatoms. The lowest BCUT2D eigenvalue weighted by molar-refractivity contribution is -0.135. The Bertz CT molecular complexity index is 667. The third-order valence-electron chi connectivity index (χ3n) is 2.25. The quantitative estimate of drug-likeness (QED) is 0.379. The highest BCUT2D eigenvalue weighted by molar-refractivity contribution is 6.83. The molecule has 0 atom stereocenters. The fourth-order valence-corrected chi connectivity index (χ4v) is 2.28. The van der Waals surface area contributed by atoms with E-state index < -0.39 is 19.8 Å². The Morgan fingerprint density at radius 2 is 1.91 bits per heavy atom. The van der Waals surface area contributed by atoms with Crippen molar-refractivity contribution in [2.75, 3.05) is 7.11 Å². The zero-order chi connectivity index (χ0) is 16.9. The average molecular weight is 359 g/mol. The van der Waals surface area contributed by atoms with Crippen LogP contribution in [0.1, 0.15) is 5.56 Å². The first-order valence-electron chi connectivity index (χ1n) is 6.30. The third-order valence-corrected chi connectivity index (χ3v) is 3.73. The fourth-order valence-electron chi connectivity index (χ4n) is 1.30. The van der Waals surface area contributed by atoms with Crippen molar-refractivity contribution in [2.24, 2.45) is 0 Å². The minimum absolute atomic E-state index is 0.150. The molecule has 0 heterocycles. The zero-order valence-electron chi connectivity index (χ0n) is 12.7. The van der Waals surface area contributed by atoms with Gasteiger partial charge in [-0.3, -0.25) is 0 Å². The predicted octanol–water partition coefficient (Wildman–Crippen LogP) is 4.17. The predicted molar refractivity (Wildman–Crippen MR) is 90.0 cm³/mol. The van der Waals surface area contributed by atoms with Crippen molar-refractivity contribution >= 4 is 37.2 Å². The molecule has 1 aromatic rings. The number of carboxylic acids is 1. The van der Waals surface area contributed by atoms with E-state index in [4.69, 9.17) is 33.0 Å². The molecule has 118 valence electrons. The minimum atomic E-state index is -1.58. The summed E-state index contributed by atoms with van der Waals surface area (Å²) in [5.41, 5.74) is 3.71. The first-order chi connectivity index (χ1) is 10.1. The smallest absolute Gasteiger partial charge is 0.375 e. The number of hydrogen-bond donors (Lipinski definition) is 1. The van der Waals surface area contributed by atoms with E-state index in [1.165, 1.54) is 19.2 Å². The highest BCUT2D eigenvalue weighted by Crippen LogP contribution is 2.32. The van der Waals surface area contributed by atoms with Crippen LogP contribution in [0.5, 0.6) is 5.75 Å². The van der Waals surface area contributed by atoms with Crippen molar-refractivity contribution in [1.82, 2.24) is 0 Å². The molecular weight excluding hydrogens is 343 g/mol. The van der Waals surface area contributed by atoms with Crippen LogP contribution in [0.2, 0.25) is 29.7 Å². The van der Waals surface area contributed by atoms with E-state index in [9.17, 15) is 4.79 Å². The van der Waals surface area contributed by atoms with Crippen molar-refractivity contribution in [1.29, 1.82) is 0 Å². The number of benzene rings is 1. The number of ether oxygens (including phenoxy) is 2. The van der Waals surface area contributed by atoms with Gasteiger partial charge in [0.05, 0.1) is 17.2 Å². The highest BCUT2D eigenvalue weighted by Gasteiger charge is 2.15. The zero-order valence-corrected chi connectivity index (χ0v) is 15.2. The Morgan fingerprint density at radius 3 is 2.41 bits per heavy atom. The maximum atomic E-state index is 11.0. The van der Waals surface area contributed by atoms with Gasteiger partial charge in [0.1, 0.15) is 20.1 Å². The lowest BCUT2D eigenvalue weighted by atomic mass is 10.2. The van der Waals surface area contributed by atoms with Crippen molar-refractivity contribution in [2.45, 2.75) is 19.6 Å². The maximum Gasteiger partial charge on any atom is 0.375 e. The molecular formula is C15H16Cl2O4Si. The topological polar surface area (TPSA) is 55.8 Å². The molecule has 0 bridgehead atoms. The summed E-state index contributed by atoms with van der Waals surface area (Å²) in [6.45, 7) is 6.31. The summed E-state index contributed by atoms with van der Waals surface area (Å²) in [5, 5.41) is 9.60. The van der Waals surface area contributed by atoms with Crippen LogP contribution < -0.4 is 4.74 Å². The molecule has 1 aromatic carbocycles. The largest absolute Gasteiger partial charge is 0.500 e. The van der Waals surface area contributed by atoms with E-state index in [1.54, 1.807) is 0 Å².